The van der Waals surface area contributed by atoms with E-state index in [-0.39, 0.29) is 24.1 Å². The SMILES string of the molecule is CCC(CO)C1OC(C)(C)OC1N=C(N)C(C=N)C(=O)c1cc(C)[nH]n1. The van der Waals surface area contributed by atoms with Gasteiger partial charge >= 0.3 is 0 Å². The highest BCUT2D eigenvalue weighted by molar-refractivity contribution is 6.19. The van der Waals surface area contributed by atoms with Gasteiger partial charge in [0, 0.05) is 24.4 Å². The minimum atomic E-state index is -1.04. The Morgan fingerprint density at radius 1 is 1.58 bits per heavy atom. The van der Waals surface area contributed by atoms with E-state index in [1.165, 1.54) is 0 Å². The second-order valence-corrected chi connectivity index (χ2v) is 6.84. The van der Waals surface area contributed by atoms with Gasteiger partial charge in [0.25, 0.3) is 0 Å². The topological polar surface area (TPSA) is 147 Å². The molecule has 0 saturated carbocycles. The summed E-state index contributed by atoms with van der Waals surface area (Å²) in [6.07, 6.45) is 0.349. The molecule has 9 nitrogen and oxygen atoms in total. The molecular weight excluding hydrogens is 338 g/mol. The number of carbonyl (C=O) groups is 1. The zero-order valence-electron chi connectivity index (χ0n) is 15.5. The van der Waals surface area contributed by atoms with Crippen LogP contribution >= 0.6 is 0 Å². The Morgan fingerprint density at radius 2 is 2.27 bits per heavy atom. The van der Waals surface area contributed by atoms with E-state index in [1.807, 2.05) is 6.92 Å². The molecule has 4 unspecified atom stereocenters. The van der Waals surface area contributed by atoms with Gasteiger partial charge in [-0.3, -0.25) is 9.89 Å². The second-order valence-electron chi connectivity index (χ2n) is 6.84. The molecular formula is C17H27N5O4. The number of Topliss-reactive ketones (excluding diaryl/α,β-unsaturated/α-hetero) is 1. The van der Waals surface area contributed by atoms with Crippen molar-refractivity contribution >= 4 is 17.8 Å². The predicted molar refractivity (Wildman–Crippen MR) is 96.2 cm³/mol. The Labute approximate surface area is 152 Å². The van der Waals surface area contributed by atoms with Gasteiger partial charge in [0.1, 0.15) is 23.6 Å². The van der Waals surface area contributed by atoms with Gasteiger partial charge in [0.15, 0.2) is 17.8 Å². The van der Waals surface area contributed by atoms with E-state index in [9.17, 15) is 9.90 Å². The molecule has 2 heterocycles. The van der Waals surface area contributed by atoms with Crippen LogP contribution in [-0.2, 0) is 9.47 Å². The maximum Gasteiger partial charge on any atom is 0.198 e. The molecule has 1 aliphatic heterocycles. The third-order valence-electron chi connectivity index (χ3n) is 4.33. The first-order valence-electron chi connectivity index (χ1n) is 8.58. The highest BCUT2D eigenvalue weighted by Crippen LogP contribution is 2.34. The molecule has 0 radical (unpaired) electrons. The smallest absolute Gasteiger partial charge is 0.198 e. The van der Waals surface area contributed by atoms with Crippen molar-refractivity contribution in [2.75, 3.05) is 6.61 Å². The molecule has 0 bridgehead atoms. The molecule has 0 spiro atoms. The first-order chi connectivity index (χ1) is 12.2. The van der Waals surface area contributed by atoms with Crippen molar-refractivity contribution in [2.24, 2.45) is 22.6 Å². The number of aliphatic imine (C=N–C) groups is 1. The van der Waals surface area contributed by atoms with Crippen molar-refractivity contribution in [2.45, 2.75) is 52.2 Å². The van der Waals surface area contributed by atoms with Crippen LogP contribution in [0.15, 0.2) is 11.1 Å². The van der Waals surface area contributed by atoms with Crippen molar-refractivity contribution in [1.29, 1.82) is 5.41 Å². The Bertz CT molecular complexity index is 680. The van der Waals surface area contributed by atoms with Crippen LogP contribution in [0.25, 0.3) is 0 Å². The number of nitrogens with two attached hydrogens (primary N) is 1. The number of aryl methyl sites for hydroxylation is 1. The Hall–Kier alpha value is -2.10. The molecule has 0 aromatic carbocycles. The number of aromatic nitrogens is 2. The minimum Gasteiger partial charge on any atom is -0.396 e. The Balaban J connectivity index is 2.26. The number of ether oxygens (including phenoxy) is 2. The van der Waals surface area contributed by atoms with Gasteiger partial charge in [-0.2, -0.15) is 5.10 Å². The lowest BCUT2D eigenvalue weighted by Gasteiger charge is -2.22. The van der Waals surface area contributed by atoms with Gasteiger partial charge in [-0.05, 0) is 33.3 Å². The van der Waals surface area contributed by atoms with Gasteiger partial charge in [-0.1, -0.05) is 6.92 Å². The number of H-pyrrole nitrogens is 1. The number of ketones is 1. The first-order valence-corrected chi connectivity index (χ1v) is 8.58. The lowest BCUT2D eigenvalue weighted by atomic mass is 9.98. The van der Waals surface area contributed by atoms with Crippen LogP contribution in [0.2, 0.25) is 0 Å². The number of rotatable bonds is 8. The number of aliphatic hydroxyl groups is 1. The molecule has 1 saturated heterocycles. The molecule has 2 rings (SSSR count). The largest absolute Gasteiger partial charge is 0.396 e. The number of hydrogen-bond donors (Lipinski definition) is 4. The zero-order valence-corrected chi connectivity index (χ0v) is 15.5. The molecule has 1 aromatic heterocycles. The van der Waals surface area contributed by atoms with Gasteiger partial charge in [-0.15, -0.1) is 0 Å². The molecule has 0 aliphatic carbocycles. The van der Waals surface area contributed by atoms with Crippen LogP contribution in [0.1, 0.15) is 43.4 Å². The summed E-state index contributed by atoms with van der Waals surface area (Å²) in [5.41, 5.74) is 6.95. The summed E-state index contributed by atoms with van der Waals surface area (Å²) in [4.78, 5) is 16.9. The van der Waals surface area contributed by atoms with Crippen LogP contribution in [0.5, 0.6) is 0 Å². The molecule has 1 aliphatic rings. The Morgan fingerprint density at radius 3 is 2.77 bits per heavy atom. The minimum absolute atomic E-state index is 0.0465. The van der Waals surface area contributed by atoms with Crippen LogP contribution in [0.4, 0.5) is 0 Å². The van der Waals surface area contributed by atoms with Gasteiger partial charge < -0.3 is 25.7 Å². The number of carbonyl (C=O) groups excluding carboxylic acids is 1. The summed E-state index contributed by atoms with van der Waals surface area (Å²) in [6.45, 7) is 7.13. The summed E-state index contributed by atoms with van der Waals surface area (Å²) in [5, 5.41) is 23.8. The van der Waals surface area contributed by atoms with E-state index in [4.69, 9.17) is 20.6 Å². The fourth-order valence-electron chi connectivity index (χ4n) is 2.89. The number of nitrogens with one attached hydrogen (secondary N) is 2. The molecule has 1 fully saturated rings. The molecule has 26 heavy (non-hydrogen) atoms. The van der Waals surface area contributed by atoms with Crippen molar-refractivity contribution in [3.05, 3.63) is 17.5 Å². The van der Waals surface area contributed by atoms with E-state index in [0.717, 1.165) is 11.9 Å². The van der Waals surface area contributed by atoms with Crippen LogP contribution < -0.4 is 5.73 Å². The molecule has 0 amide bonds. The van der Waals surface area contributed by atoms with E-state index >= 15 is 0 Å². The molecule has 144 valence electrons. The van der Waals surface area contributed by atoms with Gasteiger partial charge in [0.2, 0.25) is 0 Å². The third kappa shape index (κ3) is 4.35. The van der Waals surface area contributed by atoms with E-state index in [0.29, 0.717) is 6.42 Å². The molecule has 4 atom stereocenters. The van der Waals surface area contributed by atoms with Crippen LogP contribution in [-0.4, -0.2) is 57.9 Å². The van der Waals surface area contributed by atoms with E-state index in [1.54, 1.807) is 26.8 Å². The lowest BCUT2D eigenvalue weighted by Crippen LogP contribution is -2.37. The maximum atomic E-state index is 12.6. The highest BCUT2D eigenvalue weighted by atomic mass is 16.8. The maximum absolute atomic E-state index is 12.6. The van der Waals surface area contributed by atoms with Crippen molar-refractivity contribution in [3.8, 4) is 0 Å². The first kappa shape index (κ1) is 20.2. The van der Waals surface area contributed by atoms with E-state index in [2.05, 4.69) is 15.2 Å². The second kappa shape index (κ2) is 8.07. The standard InChI is InChI=1S/C17H27N5O4/c1-5-10(8-23)14-16(26-17(3,4)25-14)20-15(19)11(7-18)13(24)12-6-9(2)21-22-12/h6-7,10-11,14,16,18,23H,5,8H2,1-4H3,(H2,19,20)(H,21,22). The summed E-state index contributed by atoms with van der Waals surface area (Å²) in [6, 6.07) is 1.59. The summed E-state index contributed by atoms with van der Waals surface area (Å²) in [5.74, 6) is -2.57. The summed E-state index contributed by atoms with van der Waals surface area (Å²) < 4.78 is 11.7. The average molecular weight is 365 g/mol. The normalized spacial score (nSPS) is 25.0. The lowest BCUT2D eigenvalue weighted by molar-refractivity contribution is -0.151. The Kier molecular flexibility index (Phi) is 6.27. The highest BCUT2D eigenvalue weighted by Gasteiger charge is 2.45. The third-order valence-corrected chi connectivity index (χ3v) is 4.33. The monoisotopic (exact) mass is 365 g/mol. The number of amidine groups is 1. The quantitative estimate of drug-likeness (QED) is 0.307. The van der Waals surface area contributed by atoms with Crippen LogP contribution in [0.3, 0.4) is 0 Å². The van der Waals surface area contributed by atoms with Crippen molar-refractivity contribution in [1.82, 2.24) is 10.2 Å². The zero-order chi connectivity index (χ0) is 19.5. The number of nitrogens with zero attached hydrogens (tertiary/aromatic N) is 2. The molecule has 5 N–H and O–H groups in total. The number of aromatic amines is 1. The summed E-state index contributed by atoms with van der Waals surface area (Å²) in [7, 11) is 0. The van der Waals surface area contributed by atoms with Gasteiger partial charge in [-0.25, -0.2) is 4.99 Å². The van der Waals surface area contributed by atoms with Crippen LogP contribution in [0, 0.1) is 24.2 Å². The summed E-state index contributed by atoms with van der Waals surface area (Å²) >= 11 is 0. The number of hydrogen-bond acceptors (Lipinski definition) is 7. The average Bonchev–Trinajstić information content (AvgIpc) is 3.12. The predicted octanol–water partition coefficient (Wildman–Crippen LogP) is 1.02. The number of aliphatic hydroxyl groups excluding tert-OH is 1. The van der Waals surface area contributed by atoms with Crippen molar-refractivity contribution < 1.29 is 19.4 Å². The molecule has 9 heteroatoms. The van der Waals surface area contributed by atoms with Gasteiger partial charge in [0.05, 0.1) is 0 Å². The molecule has 1 aromatic rings. The fraction of sp³-hybridized carbons (Fsp3) is 0.647. The van der Waals surface area contributed by atoms with Crippen molar-refractivity contribution in [3.63, 3.8) is 0 Å². The van der Waals surface area contributed by atoms with E-state index < -0.39 is 29.8 Å². The fourth-order valence-corrected chi connectivity index (χ4v) is 2.89.